The van der Waals surface area contributed by atoms with Crippen LogP contribution < -0.4 is 10.1 Å². The molecule has 1 heterocycles. The van der Waals surface area contributed by atoms with Gasteiger partial charge in [0, 0.05) is 29.4 Å². The number of carbonyl (C=O) groups excluding carboxylic acids is 1. The van der Waals surface area contributed by atoms with Crippen LogP contribution in [0.15, 0.2) is 48.7 Å². The summed E-state index contributed by atoms with van der Waals surface area (Å²) in [6, 6.07) is 10.9. The van der Waals surface area contributed by atoms with Crippen LogP contribution in [0, 0.1) is 0 Å². The van der Waals surface area contributed by atoms with Crippen LogP contribution in [0.3, 0.4) is 0 Å². The highest BCUT2D eigenvalue weighted by Crippen LogP contribution is 2.49. The number of anilines is 1. The lowest BCUT2D eigenvalue weighted by Gasteiger charge is -2.18. The average molecular weight is 388 g/mol. The van der Waals surface area contributed by atoms with Gasteiger partial charge in [-0.2, -0.15) is 13.2 Å². The van der Waals surface area contributed by atoms with Crippen LogP contribution >= 0.6 is 0 Å². The van der Waals surface area contributed by atoms with Gasteiger partial charge in [0.1, 0.15) is 5.75 Å². The maximum Gasteiger partial charge on any atom is 0.416 e. The molecule has 0 unspecified atom stereocenters. The second kappa shape index (κ2) is 6.58. The number of rotatable bonds is 5. The fraction of sp³-hybridized carbons (Fsp3) is 0.286. The number of amides is 1. The van der Waals surface area contributed by atoms with E-state index in [2.05, 4.69) is 10.3 Å². The Balaban J connectivity index is 1.50. The standard InChI is InChI=1S/C21H19F3N2O2/c1-13(27)26-19-11-25-18-7-6-16(10-17(18)19)28-12-20(8-9-20)14-2-4-15(5-3-14)21(22,23)24/h2-7,10-11,25H,8-9,12H2,1H3,(H,26,27). The normalized spacial score (nSPS) is 15.4. The molecule has 7 heteroatoms. The number of fused-ring (bicyclic) bond motifs is 1. The third-order valence-electron chi connectivity index (χ3n) is 5.16. The quantitative estimate of drug-likeness (QED) is 0.627. The monoisotopic (exact) mass is 388 g/mol. The molecule has 0 saturated heterocycles. The number of H-pyrrole nitrogens is 1. The summed E-state index contributed by atoms with van der Waals surface area (Å²) in [7, 11) is 0. The van der Waals surface area contributed by atoms with E-state index in [9.17, 15) is 18.0 Å². The topological polar surface area (TPSA) is 54.1 Å². The maximum absolute atomic E-state index is 12.8. The molecule has 1 amide bonds. The van der Waals surface area contributed by atoms with Crippen molar-refractivity contribution in [3.05, 3.63) is 59.8 Å². The lowest BCUT2D eigenvalue weighted by molar-refractivity contribution is -0.137. The zero-order valence-electron chi connectivity index (χ0n) is 15.2. The van der Waals surface area contributed by atoms with Gasteiger partial charge < -0.3 is 15.0 Å². The molecule has 4 nitrogen and oxygen atoms in total. The van der Waals surface area contributed by atoms with Crippen LogP contribution in [-0.2, 0) is 16.4 Å². The van der Waals surface area contributed by atoms with Crippen molar-refractivity contribution in [2.45, 2.75) is 31.4 Å². The van der Waals surface area contributed by atoms with Gasteiger partial charge in [-0.25, -0.2) is 0 Å². The molecule has 4 rings (SSSR count). The van der Waals surface area contributed by atoms with Gasteiger partial charge >= 0.3 is 6.18 Å². The summed E-state index contributed by atoms with van der Waals surface area (Å²) < 4.78 is 44.3. The third-order valence-corrected chi connectivity index (χ3v) is 5.16. The largest absolute Gasteiger partial charge is 0.493 e. The summed E-state index contributed by atoms with van der Waals surface area (Å²) in [5, 5.41) is 3.61. The van der Waals surface area contributed by atoms with E-state index in [-0.39, 0.29) is 11.3 Å². The van der Waals surface area contributed by atoms with Crippen LogP contribution in [0.1, 0.15) is 30.9 Å². The highest BCUT2D eigenvalue weighted by molar-refractivity contribution is 6.01. The van der Waals surface area contributed by atoms with Gasteiger partial charge in [-0.05, 0) is 48.7 Å². The summed E-state index contributed by atoms with van der Waals surface area (Å²) in [6.45, 7) is 1.84. The van der Waals surface area contributed by atoms with Gasteiger partial charge in [-0.15, -0.1) is 0 Å². The lowest BCUT2D eigenvalue weighted by atomic mass is 9.96. The van der Waals surface area contributed by atoms with Crippen molar-refractivity contribution < 1.29 is 22.7 Å². The molecule has 1 aliphatic rings. The van der Waals surface area contributed by atoms with E-state index in [0.29, 0.717) is 18.0 Å². The summed E-state index contributed by atoms with van der Waals surface area (Å²) >= 11 is 0. The minimum Gasteiger partial charge on any atom is -0.493 e. The highest BCUT2D eigenvalue weighted by Gasteiger charge is 2.45. The molecule has 1 aliphatic carbocycles. The van der Waals surface area contributed by atoms with Crippen LogP contribution in [0.4, 0.5) is 18.9 Å². The van der Waals surface area contributed by atoms with Gasteiger partial charge in [0.25, 0.3) is 0 Å². The van der Waals surface area contributed by atoms with E-state index in [0.717, 1.165) is 41.4 Å². The number of ether oxygens (including phenoxy) is 1. The van der Waals surface area contributed by atoms with Gasteiger partial charge in [0.05, 0.1) is 17.9 Å². The van der Waals surface area contributed by atoms with Gasteiger partial charge in [-0.3, -0.25) is 4.79 Å². The van der Waals surface area contributed by atoms with E-state index in [1.807, 2.05) is 18.2 Å². The molecule has 0 atom stereocenters. The van der Waals surface area contributed by atoms with Crippen molar-refractivity contribution >= 4 is 22.5 Å². The Morgan fingerprint density at radius 1 is 1.18 bits per heavy atom. The van der Waals surface area contributed by atoms with Crippen molar-refractivity contribution in [1.82, 2.24) is 4.98 Å². The summed E-state index contributed by atoms with van der Waals surface area (Å²) in [4.78, 5) is 14.4. The lowest BCUT2D eigenvalue weighted by Crippen LogP contribution is -2.18. The van der Waals surface area contributed by atoms with Crippen molar-refractivity contribution in [3.8, 4) is 5.75 Å². The van der Waals surface area contributed by atoms with Crippen LogP contribution in [0.25, 0.3) is 10.9 Å². The first-order valence-corrected chi connectivity index (χ1v) is 8.96. The van der Waals surface area contributed by atoms with Crippen molar-refractivity contribution in [3.63, 3.8) is 0 Å². The minimum absolute atomic E-state index is 0.161. The van der Waals surface area contributed by atoms with Crippen molar-refractivity contribution in [2.24, 2.45) is 0 Å². The Hall–Kier alpha value is -2.96. The second-order valence-electron chi connectivity index (χ2n) is 7.24. The van der Waals surface area contributed by atoms with Crippen LogP contribution in [-0.4, -0.2) is 17.5 Å². The number of hydrogen-bond donors (Lipinski definition) is 2. The van der Waals surface area contributed by atoms with Crippen LogP contribution in [0.2, 0.25) is 0 Å². The fourth-order valence-corrected chi connectivity index (χ4v) is 3.38. The minimum atomic E-state index is -4.33. The fourth-order valence-electron chi connectivity index (χ4n) is 3.38. The molecule has 0 aliphatic heterocycles. The zero-order valence-corrected chi connectivity index (χ0v) is 15.2. The first-order valence-electron chi connectivity index (χ1n) is 8.96. The van der Waals surface area contributed by atoms with E-state index in [1.165, 1.54) is 6.92 Å². The number of hydrogen-bond acceptors (Lipinski definition) is 2. The average Bonchev–Trinajstić information content (AvgIpc) is 3.35. The molecule has 0 spiro atoms. The van der Waals surface area contributed by atoms with E-state index in [4.69, 9.17) is 4.74 Å². The Kier molecular flexibility index (Phi) is 4.33. The smallest absolute Gasteiger partial charge is 0.416 e. The molecule has 1 fully saturated rings. The van der Waals surface area contributed by atoms with Crippen molar-refractivity contribution in [2.75, 3.05) is 11.9 Å². The van der Waals surface area contributed by atoms with Crippen molar-refractivity contribution in [1.29, 1.82) is 0 Å². The Labute approximate surface area is 159 Å². The molecule has 0 bridgehead atoms. The number of benzene rings is 2. The second-order valence-corrected chi connectivity index (χ2v) is 7.24. The molecular weight excluding hydrogens is 369 g/mol. The molecular formula is C21H19F3N2O2. The SMILES string of the molecule is CC(=O)Nc1c[nH]c2ccc(OCC3(c4ccc(C(F)(F)F)cc4)CC3)cc12. The van der Waals surface area contributed by atoms with Gasteiger partial charge in [-0.1, -0.05) is 12.1 Å². The van der Waals surface area contributed by atoms with Crippen LogP contribution in [0.5, 0.6) is 5.75 Å². The highest BCUT2D eigenvalue weighted by atomic mass is 19.4. The maximum atomic E-state index is 12.8. The summed E-state index contributed by atoms with van der Waals surface area (Å²) in [5.41, 5.74) is 1.54. The number of carbonyl (C=O) groups is 1. The van der Waals surface area contributed by atoms with E-state index in [1.54, 1.807) is 18.3 Å². The van der Waals surface area contributed by atoms with Gasteiger partial charge in [0.2, 0.25) is 5.91 Å². The Bertz CT molecular complexity index is 1020. The first-order chi connectivity index (χ1) is 13.3. The number of alkyl halides is 3. The molecule has 2 aromatic carbocycles. The predicted octanol–water partition coefficient (Wildman–Crippen LogP) is 5.26. The zero-order chi connectivity index (χ0) is 19.9. The molecule has 1 aromatic heterocycles. The first kappa shape index (κ1) is 18.4. The molecule has 146 valence electrons. The molecule has 2 N–H and O–H groups in total. The Morgan fingerprint density at radius 2 is 1.89 bits per heavy atom. The summed E-state index contributed by atoms with van der Waals surface area (Å²) in [6.07, 6.45) is -0.854. The molecule has 3 aromatic rings. The molecule has 28 heavy (non-hydrogen) atoms. The molecule has 0 radical (unpaired) electrons. The van der Waals surface area contributed by atoms with E-state index >= 15 is 0 Å². The third kappa shape index (κ3) is 3.56. The number of nitrogens with one attached hydrogen (secondary N) is 2. The summed E-state index contributed by atoms with van der Waals surface area (Å²) in [5.74, 6) is 0.489. The number of halogens is 3. The number of aromatic nitrogens is 1. The Morgan fingerprint density at radius 3 is 2.50 bits per heavy atom. The van der Waals surface area contributed by atoms with Gasteiger partial charge in [0.15, 0.2) is 0 Å². The number of aromatic amines is 1. The van der Waals surface area contributed by atoms with E-state index < -0.39 is 11.7 Å². The molecule has 1 saturated carbocycles. The predicted molar refractivity (Wildman–Crippen MR) is 100 cm³/mol.